The molecule has 1 saturated heterocycles. The zero-order chi connectivity index (χ0) is 17.2. The molecule has 2 heterocycles. The van der Waals surface area contributed by atoms with Gasteiger partial charge in [-0.15, -0.1) is 0 Å². The number of fused-ring (bicyclic) bond motifs is 1. The lowest BCUT2D eigenvalue weighted by Gasteiger charge is -2.00. The summed E-state index contributed by atoms with van der Waals surface area (Å²) in [5, 5.41) is 4.49. The van der Waals surface area contributed by atoms with Crippen molar-refractivity contribution in [2.75, 3.05) is 0 Å². The number of thioether (sulfide) groups is 1. The molecule has 1 aromatic heterocycles. The maximum Gasteiger partial charge on any atom is 0.264 e. The molecule has 4 nitrogen and oxygen atoms in total. The van der Waals surface area contributed by atoms with Gasteiger partial charge in [-0.3, -0.25) is 9.78 Å². The highest BCUT2D eigenvalue weighted by Crippen LogP contribution is 2.29. The first-order valence-electron chi connectivity index (χ1n) is 7.89. The monoisotopic (exact) mass is 345 g/mol. The van der Waals surface area contributed by atoms with Crippen LogP contribution in [-0.2, 0) is 4.79 Å². The summed E-state index contributed by atoms with van der Waals surface area (Å²) in [7, 11) is 0. The van der Waals surface area contributed by atoms with Gasteiger partial charge < -0.3 is 5.32 Å². The lowest BCUT2D eigenvalue weighted by Crippen LogP contribution is -2.19. The van der Waals surface area contributed by atoms with Crippen molar-refractivity contribution in [1.29, 1.82) is 0 Å². The minimum atomic E-state index is -0.122. The Bertz CT molecular complexity index is 1040. The van der Waals surface area contributed by atoms with Gasteiger partial charge in [-0.25, -0.2) is 4.99 Å². The minimum Gasteiger partial charge on any atom is -0.300 e. The van der Waals surface area contributed by atoms with Crippen LogP contribution < -0.4 is 5.32 Å². The van der Waals surface area contributed by atoms with Crippen molar-refractivity contribution in [1.82, 2.24) is 10.3 Å². The van der Waals surface area contributed by atoms with E-state index in [-0.39, 0.29) is 5.91 Å². The van der Waals surface area contributed by atoms with Gasteiger partial charge in [0.15, 0.2) is 5.17 Å². The molecule has 1 fully saturated rings. The summed E-state index contributed by atoms with van der Waals surface area (Å²) in [4.78, 5) is 21.7. The molecule has 2 aromatic carbocycles. The van der Waals surface area contributed by atoms with Gasteiger partial charge in [0.2, 0.25) is 0 Å². The topological polar surface area (TPSA) is 54.4 Å². The largest absolute Gasteiger partial charge is 0.300 e. The minimum absolute atomic E-state index is 0.122. The zero-order valence-electron chi connectivity index (χ0n) is 13.6. The molecule has 25 heavy (non-hydrogen) atoms. The molecule has 3 aromatic rings. The first kappa shape index (κ1) is 15.6. The average molecular weight is 345 g/mol. The number of amidine groups is 1. The number of nitrogens with zero attached hydrogens (tertiary/aromatic N) is 2. The van der Waals surface area contributed by atoms with Gasteiger partial charge in [0, 0.05) is 11.6 Å². The molecule has 1 N–H and O–H groups in total. The lowest BCUT2D eigenvalue weighted by atomic mass is 10.1. The molecule has 1 amide bonds. The average Bonchev–Trinajstić information content (AvgIpc) is 2.96. The van der Waals surface area contributed by atoms with E-state index in [1.165, 1.54) is 11.8 Å². The maximum absolute atomic E-state index is 12.2. The van der Waals surface area contributed by atoms with Crippen molar-refractivity contribution in [2.24, 2.45) is 4.99 Å². The highest BCUT2D eigenvalue weighted by Gasteiger charge is 2.23. The van der Waals surface area contributed by atoms with E-state index in [0.29, 0.717) is 10.1 Å². The van der Waals surface area contributed by atoms with Gasteiger partial charge in [0.1, 0.15) is 0 Å². The summed E-state index contributed by atoms with van der Waals surface area (Å²) in [6, 6.07) is 17.7. The van der Waals surface area contributed by atoms with Gasteiger partial charge in [0.25, 0.3) is 5.91 Å². The van der Waals surface area contributed by atoms with E-state index in [0.717, 1.165) is 27.7 Å². The molecule has 0 aliphatic carbocycles. The SMILES string of the molecule is Cc1ccccc1N=C1NC(=O)/C(=C\c2ccc3ncccc3c2)S1. The second kappa shape index (κ2) is 6.53. The molecule has 0 spiro atoms. The fourth-order valence-corrected chi connectivity index (χ4v) is 3.45. The normalized spacial score (nSPS) is 17.4. The number of para-hydroxylation sites is 1. The molecule has 5 heteroatoms. The third-order valence-corrected chi connectivity index (χ3v) is 4.82. The van der Waals surface area contributed by atoms with E-state index >= 15 is 0 Å². The number of hydrogen-bond donors (Lipinski definition) is 1. The first-order valence-corrected chi connectivity index (χ1v) is 8.71. The Hall–Kier alpha value is -2.92. The number of aliphatic imine (C=N–C) groups is 1. The van der Waals surface area contributed by atoms with Crippen LogP contribution in [0.2, 0.25) is 0 Å². The summed E-state index contributed by atoms with van der Waals surface area (Å²) >= 11 is 1.36. The molecule has 0 bridgehead atoms. The van der Waals surface area contributed by atoms with E-state index in [9.17, 15) is 4.79 Å². The third-order valence-electron chi connectivity index (χ3n) is 3.91. The van der Waals surface area contributed by atoms with Crippen LogP contribution in [0.4, 0.5) is 5.69 Å². The number of aromatic nitrogens is 1. The molecule has 1 aliphatic rings. The highest BCUT2D eigenvalue weighted by atomic mass is 32.2. The molecule has 0 saturated carbocycles. The van der Waals surface area contributed by atoms with Gasteiger partial charge in [0.05, 0.1) is 16.1 Å². The van der Waals surface area contributed by atoms with E-state index in [2.05, 4.69) is 15.3 Å². The van der Waals surface area contributed by atoms with Gasteiger partial charge in [-0.05, 0) is 60.2 Å². The number of rotatable bonds is 2. The van der Waals surface area contributed by atoms with Crippen molar-refractivity contribution >= 4 is 45.5 Å². The number of carbonyl (C=O) groups is 1. The highest BCUT2D eigenvalue weighted by molar-refractivity contribution is 8.18. The Labute approximate surface area is 149 Å². The predicted octanol–water partition coefficient (Wildman–Crippen LogP) is 4.43. The van der Waals surface area contributed by atoms with Gasteiger partial charge >= 0.3 is 0 Å². The van der Waals surface area contributed by atoms with Crippen LogP contribution in [0, 0.1) is 6.92 Å². The smallest absolute Gasteiger partial charge is 0.264 e. The first-order chi connectivity index (χ1) is 12.2. The Morgan fingerprint density at radius 3 is 2.88 bits per heavy atom. The van der Waals surface area contributed by atoms with E-state index < -0.39 is 0 Å². The van der Waals surface area contributed by atoms with Gasteiger partial charge in [-0.1, -0.05) is 30.3 Å². The fourth-order valence-electron chi connectivity index (χ4n) is 2.61. The summed E-state index contributed by atoms with van der Waals surface area (Å²) in [5.74, 6) is -0.122. The summed E-state index contributed by atoms with van der Waals surface area (Å²) < 4.78 is 0. The predicted molar refractivity (Wildman–Crippen MR) is 104 cm³/mol. The van der Waals surface area contributed by atoms with E-state index in [4.69, 9.17) is 0 Å². The Balaban J connectivity index is 1.63. The lowest BCUT2D eigenvalue weighted by molar-refractivity contribution is -0.115. The standard InChI is InChI=1S/C20H15N3OS/c1-13-5-2-3-7-16(13)22-20-23-19(24)18(25-20)12-14-8-9-17-15(11-14)6-4-10-21-17/h2-12H,1H3,(H,22,23,24)/b18-12+. The van der Waals surface area contributed by atoms with Crippen molar-refractivity contribution < 1.29 is 4.79 Å². The van der Waals surface area contributed by atoms with Crippen LogP contribution in [-0.4, -0.2) is 16.1 Å². The maximum atomic E-state index is 12.2. The van der Waals surface area contributed by atoms with Crippen molar-refractivity contribution in [2.45, 2.75) is 6.92 Å². The summed E-state index contributed by atoms with van der Waals surface area (Å²) in [6.07, 6.45) is 3.65. The molecule has 4 rings (SSSR count). The molecule has 122 valence electrons. The molecular weight excluding hydrogens is 330 g/mol. The zero-order valence-corrected chi connectivity index (χ0v) is 14.4. The van der Waals surface area contributed by atoms with Crippen molar-refractivity contribution in [3.8, 4) is 0 Å². The fraction of sp³-hybridized carbons (Fsp3) is 0.0500. The van der Waals surface area contributed by atoms with Crippen LogP contribution in [0.25, 0.3) is 17.0 Å². The second-order valence-corrected chi connectivity index (χ2v) is 6.75. The summed E-state index contributed by atoms with van der Waals surface area (Å²) in [6.45, 7) is 2.00. The Morgan fingerprint density at radius 2 is 2.00 bits per heavy atom. The van der Waals surface area contributed by atoms with Crippen molar-refractivity contribution in [3.63, 3.8) is 0 Å². The molecule has 0 atom stereocenters. The number of pyridine rings is 1. The van der Waals surface area contributed by atoms with Crippen molar-refractivity contribution in [3.05, 3.63) is 76.8 Å². The molecule has 0 radical (unpaired) electrons. The molecule has 0 unspecified atom stereocenters. The Morgan fingerprint density at radius 1 is 1.12 bits per heavy atom. The number of nitrogens with one attached hydrogen (secondary N) is 1. The number of hydrogen-bond acceptors (Lipinski definition) is 4. The number of amides is 1. The van der Waals surface area contributed by atoms with E-state index in [1.54, 1.807) is 6.20 Å². The van der Waals surface area contributed by atoms with Crippen LogP contribution in [0.1, 0.15) is 11.1 Å². The number of benzene rings is 2. The second-order valence-electron chi connectivity index (χ2n) is 5.72. The third kappa shape index (κ3) is 3.32. The van der Waals surface area contributed by atoms with Gasteiger partial charge in [-0.2, -0.15) is 0 Å². The van der Waals surface area contributed by atoms with E-state index in [1.807, 2.05) is 67.6 Å². The van der Waals surface area contributed by atoms with Crippen LogP contribution in [0.5, 0.6) is 0 Å². The van der Waals surface area contributed by atoms with Crippen LogP contribution >= 0.6 is 11.8 Å². The molecular formula is C20H15N3OS. The Kier molecular flexibility index (Phi) is 4.07. The number of aryl methyl sites for hydroxylation is 1. The van der Waals surface area contributed by atoms with Crippen LogP contribution in [0.15, 0.2) is 70.7 Å². The van der Waals surface area contributed by atoms with Crippen LogP contribution in [0.3, 0.4) is 0 Å². The quantitative estimate of drug-likeness (QED) is 0.699. The summed E-state index contributed by atoms with van der Waals surface area (Å²) in [5.41, 5.74) is 3.85. The number of carbonyl (C=O) groups excluding carboxylic acids is 1. The molecule has 1 aliphatic heterocycles.